The minimum absolute atomic E-state index is 0.0883. The average Bonchev–Trinajstić information content (AvgIpc) is 2.94. The highest BCUT2D eigenvalue weighted by atomic mass is 79.9. The van der Waals surface area contributed by atoms with Gasteiger partial charge in [0, 0.05) is 16.1 Å². The SMILES string of the molecule is Cc1cc(Br)c(C#N)c2ccn(S(=O)(=O)Cc3ccccc3)c12. The van der Waals surface area contributed by atoms with Crippen LogP contribution >= 0.6 is 15.9 Å². The van der Waals surface area contributed by atoms with E-state index in [0.29, 0.717) is 20.9 Å². The Morgan fingerprint density at radius 2 is 1.91 bits per heavy atom. The summed E-state index contributed by atoms with van der Waals surface area (Å²) in [7, 11) is -3.56. The quantitative estimate of drug-likeness (QED) is 0.681. The first-order valence-corrected chi connectivity index (χ1v) is 9.31. The Balaban J connectivity index is 2.20. The average molecular weight is 389 g/mol. The minimum atomic E-state index is -3.56. The summed E-state index contributed by atoms with van der Waals surface area (Å²) in [6.07, 6.45) is 1.52. The molecule has 0 N–H and O–H groups in total. The van der Waals surface area contributed by atoms with Crippen molar-refractivity contribution < 1.29 is 8.42 Å². The van der Waals surface area contributed by atoms with E-state index >= 15 is 0 Å². The molecule has 1 heterocycles. The lowest BCUT2D eigenvalue weighted by Crippen LogP contribution is -2.14. The van der Waals surface area contributed by atoms with E-state index in [1.54, 1.807) is 24.3 Å². The van der Waals surface area contributed by atoms with Crippen LogP contribution in [0.25, 0.3) is 10.9 Å². The van der Waals surface area contributed by atoms with Crippen LogP contribution in [0, 0.1) is 18.3 Å². The molecule has 0 saturated carbocycles. The largest absolute Gasteiger partial charge is 0.244 e. The highest BCUT2D eigenvalue weighted by Crippen LogP contribution is 2.31. The number of fused-ring (bicyclic) bond motifs is 1. The summed E-state index contributed by atoms with van der Waals surface area (Å²) in [5, 5.41) is 9.95. The molecule has 0 spiro atoms. The Morgan fingerprint density at radius 1 is 1.22 bits per heavy atom. The fraction of sp³-hybridized carbons (Fsp3) is 0.118. The van der Waals surface area contributed by atoms with Gasteiger partial charge in [-0.1, -0.05) is 30.3 Å². The van der Waals surface area contributed by atoms with E-state index in [1.165, 1.54) is 10.2 Å². The number of nitrogens with zero attached hydrogens (tertiary/aromatic N) is 2. The zero-order valence-corrected chi connectivity index (χ0v) is 14.7. The van der Waals surface area contributed by atoms with Gasteiger partial charge in [0.15, 0.2) is 0 Å². The first-order valence-electron chi connectivity index (χ1n) is 6.91. The van der Waals surface area contributed by atoms with Crippen molar-refractivity contribution in [3.8, 4) is 6.07 Å². The van der Waals surface area contributed by atoms with E-state index < -0.39 is 10.0 Å². The predicted molar refractivity (Wildman–Crippen MR) is 93.6 cm³/mol. The first-order chi connectivity index (χ1) is 10.9. The Kier molecular flexibility index (Phi) is 4.00. The number of aryl methyl sites for hydroxylation is 1. The highest BCUT2D eigenvalue weighted by molar-refractivity contribution is 9.10. The fourth-order valence-electron chi connectivity index (χ4n) is 2.66. The third-order valence-electron chi connectivity index (χ3n) is 3.68. The summed E-state index contributed by atoms with van der Waals surface area (Å²) >= 11 is 3.36. The van der Waals surface area contributed by atoms with Crippen molar-refractivity contribution in [1.82, 2.24) is 3.97 Å². The Bertz CT molecular complexity index is 1030. The lowest BCUT2D eigenvalue weighted by Gasteiger charge is -2.10. The maximum Gasteiger partial charge on any atom is 0.243 e. The van der Waals surface area contributed by atoms with E-state index in [-0.39, 0.29) is 5.75 Å². The molecule has 0 saturated heterocycles. The molecule has 0 aliphatic heterocycles. The van der Waals surface area contributed by atoms with E-state index in [9.17, 15) is 13.7 Å². The van der Waals surface area contributed by atoms with Crippen LogP contribution in [0.15, 0.2) is 53.1 Å². The second kappa shape index (κ2) is 5.84. The summed E-state index contributed by atoms with van der Waals surface area (Å²) < 4.78 is 27.5. The molecule has 6 heteroatoms. The molecule has 0 aliphatic rings. The number of aromatic nitrogens is 1. The molecule has 0 amide bonds. The van der Waals surface area contributed by atoms with Crippen LogP contribution in [0.4, 0.5) is 0 Å². The molecule has 2 aromatic carbocycles. The van der Waals surface area contributed by atoms with Gasteiger partial charge in [-0.05, 0) is 46.1 Å². The van der Waals surface area contributed by atoms with Gasteiger partial charge in [0.1, 0.15) is 6.07 Å². The molecule has 3 aromatic rings. The van der Waals surface area contributed by atoms with Crippen LogP contribution < -0.4 is 0 Å². The highest BCUT2D eigenvalue weighted by Gasteiger charge is 2.20. The molecule has 4 nitrogen and oxygen atoms in total. The zero-order valence-electron chi connectivity index (χ0n) is 12.3. The molecule has 0 atom stereocenters. The van der Waals surface area contributed by atoms with Gasteiger partial charge >= 0.3 is 0 Å². The van der Waals surface area contributed by atoms with Crippen LogP contribution in [0.1, 0.15) is 16.7 Å². The second-order valence-corrected chi connectivity index (χ2v) is 7.98. The summed E-state index contributed by atoms with van der Waals surface area (Å²) in [6.45, 7) is 1.84. The molecule has 23 heavy (non-hydrogen) atoms. The van der Waals surface area contributed by atoms with Crippen molar-refractivity contribution in [2.24, 2.45) is 0 Å². The van der Waals surface area contributed by atoms with Gasteiger partial charge in [-0.15, -0.1) is 0 Å². The first kappa shape index (κ1) is 15.8. The number of benzene rings is 2. The van der Waals surface area contributed by atoms with E-state index in [0.717, 1.165) is 11.1 Å². The van der Waals surface area contributed by atoms with Gasteiger partial charge in [-0.25, -0.2) is 12.4 Å². The molecule has 0 radical (unpaired) electrons. The summed E-state index contributed by atoms with van der Waals surface area (Å²) in [5.74, 6) is -0.0883. The number of nitriles is 1. The van der Waals surface area contributed by atoms with Crippen LogP contribution in [-0.4, -0.2) is 12.4 Å². The maximum atomic E-state index is 12.8. The maximum absolute atomic E-state index is 12.8. The van der Waals surface area contributed by atoms with Gasteiger partial charge in [-0.3, -0.25) is 0 Å². The van der Waals surface area contributed by atoms with Crippen LogP contribution in [0.5, 0.6) is 0 Å². The molecule has 0 bridgehead atoms. The molecule has 0 unspecified atom stereocenters. The summed E-state index contributed by atoms with van der Waals surface area (Å²) in [6, 6.07) is 14.6. The van der Waals surface area contributed by atoms with Crippen LogP contribution in [0.2, 0.25) is 0 Å². The second-order valence-electron chi connectivity index (χ2n) is 5.28. The van der Waals surface area contributed by atoms with Crippen LogP contribution in [0.3, 0.4) is 0 Å². The topological polar surface area (TPSA) is 62.9 Å². The molecular weight excluding hydrogens is 376 g/mol. The number of halogens is 1. The minimum Gasteiger partial charge on any atom is -0.244 e. The Morgan fingerprint density at radius 3 is 2.57 bits per heavy atom. The van der Waals surface area contributed by atoms with Crippen molar-refractivity contribution in [2.75, 3.05) is 0 Å². The number of hydrogen-bond acceptors (Lipinski definition) is 3. The smallest absolute Gasteiger partial charge is 0.243 e. The van der Waals surface area contributed by atoms with Crippen molar-refractivity contribution in [3.63, 3.8) is 0 Å². The predicted octanol–water partition coefficient (Wildman–Crippen LogP) is 3.96. The molecular formula is C17H13BrN2O2S. The van der Waals surface area contributed by atoms with Gasteiger partial charge in [0.05, 0.1) is 16.8 Å². The molecule has 1 aromatic heterocycles. The molecule has 3 rings (SSSR count). The van der Waals surface area contributed by atoms with Gasteiger partial charge in [-0.2, -0.15) is 5.26 Å². The van der Waals surface area contributed by atoms with Crippen LogP contribution in [-0.2, 0) is 15.8 Å². The molecule has 0 aliphatic carbocycles. The lowest BCUT2D eigenvalue weighted by atomic mass is 10.1. The summed E-state index contributed by atoms with van der Waals surface area (Å²) in [5.41, 5.74) is 2.53. The molecule has 116 valence electrons. The van der Waals surface area contributed by atoms with Gasteiger partial charge in [0.25, 0.3) is 0 Å². The van der Waals surface area contributed by atoms with Crippen molar-refractivity contribution in [3.05, 3.63) is 69.8 Å². The van der Waals surface area contributed by atoms with Crippen molar-refractivity contribution >= 4 is 36.9 Å². The fourth-order valence-corrected chi connectivity index (χ4v) is 4.83. The van der Waals surface area contributed by atoms with Gasteiger partial charge in [0.2, 0.25) is 10.0 Å². The lowest BCUT2D eigenvalue weighted by molar-refractivity contribution is 0.588. The number of hydrogen-bond donors (Lipinski definition) is 0. The van der Waals surface area contributed by atoms with E-state index in [4.69, 9.17) is 0 Å². The molecule has 0 fully saturated rings. The normalized spacial score (nSPS) is 11.5. The third kappa shape index (κ3) is 2.78. The van der Waals surface area contributed by atoms with Gasteiger partial charge < -0.3 is 0 Å². The van der Waals surface area contributed by atoms with E-state index in [1.807, 2.05) is 25.1 Å². The Labute approximate surface area is 143 Å². The monoisotopic (exact) mass is 388 g/mol. The van der Waals surface area contributed by atoms with Crippen molar-refractivity contribution in [1.29, 1.82) is 5.26 Å². The van der Waals surface area contributed by atoms with E-state index in [2.05, 4.69) is 22.0 Å². The number of rotatable bonds is 3. The summed E-state index contributed by atoms with van der Waals surface area (Å²) in [4.78, 5) is 0. The third-order valence-corrected chi connectivity index (χ3v) is 5.91. The standard InChI is InChI=1S/C17H13BrN2O2S/c1-12-9-16(18)15(10-19)14-7-8-20(17(12)14)23(21,22)11-13-5-3-2-4-6-13/h2-9H,11H2,1H3. The zero-order chi connectivity index (χ0) is 16.6. The Hall–Kier alpha value is -2.10. The van der Waals surface area contributed by atoms with Crippen molar-refractivity contribution in [2.45, 2.75) is 12.7 Å².